The largest absolute Gasteiger partial charge is 0.348 e. The van der Waals surface area contributed by atoms with Crippen LogP contribution >= 0.6 is 15.9 Å². The van der Waals surface area contributed by atoms with Gasteiger partial charge in [-0.1, -0.05) is 52.3 Å². The topological polar surface area (TPSA) is 32.3 Å². The average molecular weight is 399 g/mol. The predicted octanol–water partition coefficient (Wildman–Crippen LogP) is 4.37. The monoisotopic (exact) mass is 398 g/mol. The zero-order valence-electron chi connectivity index (χ0n) is 14.2. The Balaban J connectivity index is 1.56. The van der Waals surface area contributed by atoms with Crippen LogP contribution in [0.2, 0.25) is 0 Å². The average Bonchev–Trinajstić information content (AvgIpc) is 3.12. The van der Waals surface area contributed by atoms with Crippen LogP contribution < -0.4 is 5.32 Å². The first-order chi connectivity index (χ1) is 12.2. The van der Waals surface area contributed by atoms with Gasteiger partial charge < -0.3 is 5.32 Å². The summed E-state index contributed by atoms with van der Waals surface area (Å²) < 4.78 is 1.01. The van der Waals surface area contributed by atoms with Gasteiger partial charge in [0.25, 0.3) is 0 Å². The Labute approximate surface area is 157 Å². The Hall–Kier alpha value is -1.91. The Kier molecular flexibility index (Phi) is 6.42. The number of nitrogens with zero attached hydrogens (tertiary/aromatic N) is 1. The highest BCUT2D eigenvalue weighted by Crippen LogP contribution is 2.16. The molecule has 3 nitrogen and oxygen atoms in total. The van der Waals surface area contributed by atoms with Gasteiger partial charge in [-0.2, -0.15) is 0 Å². The number of likely N-dealkylation sites (tertiary alicyclic amines) is 1. The van der Waals surface area contributed by atoms with E-state index >= 15 is 0 Å². The highest BCUT2D eigenvalue weighted by atomic mass is 79.9. The molecule has 130 valence electrons. The highest BCUT2D eigenvalue weighted by molar-refractivity contribution is 9.10. The summed E-state index contributed by atoms with van der Waals surface area (Å²) in [6.45, 7) is 3.89. The number of halogens is 1. The lowest BCUT2D eigenvalue weighted by Crippen LogP contribution is -2.23. The van der Waals surface area contributed by atoms with Crippen molar-refractivity contribution in [1.29, 1.82) is 0 Å². The predicted molar refractivity (Wildman–Crippen MR) is 106 cm³/mol. The summed E-state index contributed by atoms with van der Waals surface area (Å²) >= 11 is 3.44. The fourth-order valence-electron chi connectivity index (χ4n) is 3.09. The number of rotatable bonds is 6. The SMILES string of the molecule is O=C(/C=C/c1cccc(Br)c1)NCc1ccccc1CN1CCCC1. The molecule has 1 aliphatic rings. The number of benzene rings is 2. The zero-order valence-corrected chi connectivity index (χ0v) is 15.8. The Bertz CT molecular complexity index is 751. The van der Waals surface area contributed by atoms with Crippen LogP contribution in [0.1, 0.15) is 29.5 Å². The fourth-order valence-corrected chi connectivity index (χ4v) is 3.51. The number of carbonyl (C=O) groups excluding carboxylic acids is 1. The highest BCUT2D eigenvalue weighted by Gasteiger charge is 2.13. The van der Waals surface area contributed by atoms with Crippen LogP contribution in [0.15, 0.2) is 59.1 Å². The molecule has 2 aromatic carbocycles. The minimum absolute atomic E-state index is 0.0732. The molecule has 0 unspecified atom stereocenters. The maximum atomic E-state index is 12.1. The summed E-state index contributed by atoms with van der Waals surface area (Å²) in [5.41, 5.74) is 3.50. The molecule has 0 saturated carbocycles. The van der Waals surface area contributed by atoms with Crippen molar-refractivity contribution in [3.63, 3.8) is 0 Å². The third-order valence-electron chi connectivity index (χ3n) is 4.44. The van der Waals surface area contributed by atoms with E-state index in [-0.39, 0.29) is 5.91 Å². The standard InChI is InChI=1S/C21H23BrN2O/c22-20-9-5-6-17(14-20)10-11-21(25)23-15-18-7-1-2-8-19(18)16-24-12-3-4-13-24/h1-2,5-11,14H,3-4,12-13,15-16H2,(H,23,25)/b11-10+. The number of carbonyl (C=O) groups is 1. The second kappa shape index (κ2) is 8.97. The lowest BCUT2D eigenvalue weighted by Gasteiger charge is -2.17. The van der Waals surface area contributed by atoms with Crippen molar-refractivity contribution >= 4 is 27.9 Å². The van der Waals surface area contributed by atoms with Gasteiger partial charge in [-0.05, 0) is 60.8 Å². The normalized spacial score (nSPS) is 14.9. The van der Waals surface area contributed by atoms with E-state index in [0.717, 1.165) is 16.6 Å². The molecular formula is C21H23BrN2O. The summed E-state index contributed by atoms with van der Waals surface area (Å²) in [5.74, 6) is -0.0732. The Morgan fingerprint density at radius 2 is 1.84 bits per heavy atom. The van der Waals surface area contributed by atoms with Crippen molar-refractivity contribution < 1.29 is 4.79 Å². The van der Waals surface area contributed by atoms with Crippen molar-refractivity contribution in [3.8, 4) is 0 Å². The van der Waals surface area contributed by atoms with Crippen molar-refractivity contribution in [2.24, 2.45) is 0 Å². The maximum Gasteiger partial charge on any atom is 0.244 e. The quantitative estimate of drug-likeness (QED) is 0.732. The van der Waals surface area contributed by atoms with E-state index in [1.807, 2.05) is 36.4 Å². The molecule has 1 amide bonds. The number of hydrogen-bond acceptors (Lipinski definition) is 2. The Morgan fingerprint density at radius 1 is 1.08 bits per heavy atom. The van der Waals surface area contributed by atoms with Crippen LogP contribution in [0.25, 0.3) is 6.08 Å². The molecule has 1 aliphatic heterocycles. The molecule has 0 spiro atoms. The van der Waals surface area contributed by atoms with Crippen LogP contribution in [-0.4, -0.2) is 23.9 Å². The van der Waals surface area contributed by atoms with Gasteiger partial charge in [0.1, 0.15) is 0 Å². The summed E-state index contributed by atoms with van der Waals surface area (Å²) in [6, 6.07) is 16.2. The van der Waals surface area contributed by atoms with Gasteiger partial charge in [-0.25, -0.2) is 0 Å². The number of nitrogens with one attached hydrogen (secondary N) is 1. The molecule has 1 saturated heterocycles. The molecule has 1 fully saturated rings. The molecule has 2 aromatic rings. The summed E-state index contributed by atoms with van der Waals surface area (Å²) in [7, 11) is 0. The van der Waals surface area contributed by atoms with Crippen LogP contribution in [0, 0.1) is 0 Å². The minimum atomic E-state index is -0.0732. The van der Waals surface area contributed by atoms with Crippen molar-refractivity contribution in [3.05, 3.63) is 75.8 Å². The molecular weight excluding hydrogens is 376 g/mol. The minimum Gasteiger partial charge on any atom is -0.348 e. The zero-order chi connectivity index (χ0) is 17.5. The van der Waals surface area contributed by atoms with Gasteiger partial charge in [0.15, 0.2) is 0 Å². The lowest BCUT2D eigenvalue weighted by molar-refractivity contribution is -0.116. The van der Waals surface area contributed by atoms with E-state index in [1.165, 1.54) is 37.1 Å². The summed E-state index contributed by atoms with van der Waals surface area (Å²) in [6.07, 6.45) is 6.00. The van der Waals surface area contributed by atoms with E-state index in [9.17, 15) is 4.79 Å². The molecule has 3 rings (SSSR count). The molecule has 0 aliphatic carbocycles. The molecule has 0 atom stereocenters. The van der Waals surface area contributed by atoms with E-state index in [1.54, 1.807) is 6.08 Å². The molecule has 4 heteroatoms. The third kappa shape index (κ3) is 5.55. The second-order valence-electron chi connectivity index (χ2n) is 6.36. The summed E-state index contributed by atoms with van der Waals surface area (Å²) in [5, 5.41) is 2.99. The third-order valence-corrected chi connectivity index (χ3v) is 4.93. The van der Waals surface area contributed by atoms with Crippen LogP contribution in [0.5, 0.6) is 0 Å². The van der Waals surface area contributed by atoms with E-state index < -0.39 is 0 Å². The molecule has 0 aromatic heterocycles. The summed E-state index contributed by atoms with van der Waals surface area (Å²) in [4.78, 5) is 14.6. The van der Waals surface area contributed by atoms with Gasteiger partial charge in [0.2, 0.25) is 5.91 Å². The van der Waals surface area contributed by atoms with Gasteiger partial charge in [0, 0.05) is 23.6 Å². The number of amides is 1. The van der Waals surface area contributed by atoms with Crippen LogP contribution in [-0.2, 0) is 17.9 Å². The van der Waals surface area contributed by atoms with E-state index in [4.69, 9.17) is 0 Å². The Morgan fingerprint density at radius 3 is 2.60 bits per heavy atom. The van der Waals surface area contributed by atoms with E-state index in [2.05, 4.69) is 44.3 Å². The van der Waals surface area contributed by atoms with E-state index in [0.29, 0.717) is 6.54 Å². The first-order valence-electron chi connectivity index (χ1n) is 8.71. The van der Waals surface area contributed by atoms with Crippen LogP contribution in [0.3, 0.4) is 0 Å². The molecule has 1 N–H and O–H groups in total. The molecule has 1 heterocycles. The molecule has 0 radical (unpaired) electrons. The van der Waals surface area contributed by atoms with Crippen molar-refractivity contribution in [1.82, 2.24) is 10.2 Å². The van der Waals surface area contributed by atoms with Gasteiger partial charge >= 0.3 is 0 Å². The molecule has 0 bridgehead atoms. The molecule has 25 heavy (non-hydrogen) atoms. The van der Waals surface area contributed by atoms with Gasteiger partial charge in [-0.3, -0.25) is 9.69 Å². The number of hydrogen-bond donors (Lipinski definition) is 1. The smallest absolute Gasteiger partial charge is 0.244 e. The second-order valence-corrected chi connectivity index (χ2v) is 7.27. The first kappa shape index (κ1) is 17.9. The first-order valence-corrected chi connectivity index (χ1v) is 9.50. The fraction of sp³-hybridized carbons (Fsp3) is 0.286. The van der Waals surface area contributed by atoms with Gasteiger partial charge in [0.05, 0.1) is 0 Å². The maximum absolute atomic E-state index is 12.1. The lowest BCUT2D eigenvalue weighted by atomic mass is 10.1. The van der Waals surface area contributed by atoms with Crippen LogP contribution in [0.4, 0.5) is 0 Å². The van der Waals surface area contributed by atoms with Crippen molar-refractivity contribution in [2.45, 2.75) is 25.9 Å². The van der Waals surface area contributed by atoms with Crippen molar-refractivity contribution in [2.75, 3.05) is 13.1 Å². The van der Waals surface area contributed by atoms with Gasteiger partial charge in [-0.15, -0.1) is 0 Å².